The van der Waals surface area contributed by atoms with Crippen LogP contribution in [0.15, 0.2) is 30.7 Å². The lowest BCUT2D eigenvalue weighted by atomic mass is 10.0. The maximum absolute atomic E-state index is 12.4. The number of aromatic amines is 1. The lowest BCUT2D eigenvalue weighted by molar-refractivity contribution is 0.0938. The van der Waals surface area contributed by atoms with Crippen molar-refractivity contribution < 1.29 is 9.53 Å². The van der Waals surface area contributed by atoms with Crippen molar-refractivity contribution in [1.82, 2.24) is 20.5 Å². The largest absolute Gasteiger partial charge is 0.381 e. The zero-order valence-corrected chi connectivity index (χ0v) is 11.9. The molecule has 0 bridgehead atoms. The van der Waals surface area contributed by atoms with Crippen LogP contribution in [0.2, 0.25) is 0 Å². The molecule has 1 saturated heterocycles. The molecule has 0 unspecified atom stereocenters. The molecule has 2 aromatic rings. The highest BCUT2D eigenvalue weighted by atomic mass is 16.5. The number of carbonyl (C=O) groups excluding carboxylic acids is 1. The van der Waals surface area contributed by atoms with Gasteiger partial charge in [-0.05, 0) is 25.0 Å². The molecule has 3 heterocycles. The fraction of sp³-hybridized carbons (Fsp3) is 0.400. The Labute approximate surface area is 122 Å². The summed E-state index contributed by atoms with van der Waals surface area (Å²) in [7, 11) is 0. The van der Waals surface area contributed by atoms with Gasteiger partial charge in [0.15, 0.2) is 0 Å². The molecule has 2 N–H and O–H groups in total. The van der Waals surface area contributed by atoms with E-state index in [0.29, 0.717) is 12.2 Å². The van der Waals surface area contributed by atoms with Gasteiger partial charge in [-0.25, -0.2) is 0 Å². The minimum Gasteiger partial charge on any atom is -0.381 e. The minimum atomic E-state index is -0.123. The number of amides is 1. The molecule has 21 heavy (non-hydrogen) atoms. The number of hydrogen-bond donors (Lipinski definition) is 2. The van der Waals surface area contributed by atoms with Gasteiger partial charge in [-0.15, -0.1) is 0 Å². The second kappa shape index (κ2) is 6.05. The molecule has 1 aliphatic rings. The Bertz CT molecular complexity index is 605. The van der Waals surface area contributed by atoms with Crippen LogP contribution in [0.1, 0.15) is 46.9 Å². The number of pyridine rings is 1. The third kappa shape index (κ3) is 2.95. The molecule has 6 heteroatoms. The molecule has 2 atom stereocenters. The molecular weight excluding hydrogens is 268 g/mol. The summed E-state index contributed by atoms with van der Waals surface area (Å²) in [4.78, 5) is 16.5. The number of hydrogen-bond acceptors (Lipinski definition) is 4. The molecule has 0 aromatic carbocycles. The number of nitrogens with one attached hydrogen (secondary N) is 2. The molecule has 3 rings (SSSR count). The van der Waals surface area contributed by atoms with Gasteiger partial charge in [-0.1, -0.05) is 6.07 Å². The lowest BCUT2D eigenvalue weighted by Gasteiger charge is -2.14. The van der Waals surface area contributed by atoms with E-state index >= 15 is 0 Å². The molecular formula is C15H18N4O2. The normalized spacial score (nSPS) is 19.4. The van der Waals surface area contributed by atoms with Gasteiger partial charge in [0.25, 0.3) is 5.91 Å². The van der Waals surface area contributed by atoms with Crippen molar-refractivity contribution in [3.8, 4) is 0 Å². The summed E-state index contributed by atoms with van der Waals surface area (Å²) in [5.74, 6) is 0.101. The maximum atomic E-state index is 12.4. The Morgan fingerprint density at radius 3 is 3.14 bits per heavy atom. The molecule has 0 radical (unpaired) electrons. The fourth-order valence-corrected chi connectivity index (χ4v) is 2.54. The highest BCUT2D eigenvalue weighted by molar-refractivity contribution is 5.95. The lowest BCUT2D eigenvalue weighted by Crippen LogP contribution is -2.27. The molecule has 6 nitrogen and oxygen atoms in total. The molecule has 1 fully saturated rings. The molecule has 1 amide bonds. The van der Waals surface area contributed by atoms with E-state index in [1.807, 2.05) is 19.1 Å². The van der Waals surface area contributed by atoms with E-state index < -0.39 is 0 Å². The SMILES string of the molecule is C[C@@H](NC(=O)c1cn[nH]c1[C@@H]1CCOC1)c1cccnc1. The first-order valence-corrected chi connectivity index (χ1v) is 7.07. The van der Waals surface area contributed by atoms with Crippen LogP contribution in [-0.4, -0.2) is 34.3 Å². The summed E-state index contributed by atoms with van der Waals surface area (Å²) in [6.07, 6.45) is 5.97. The number of H-pyrrole nitrogens is 1. The van der Waals surface area contributed by atoms with Crippen LogP contribution in [0.25, 0.3) is 0 Å². The fourth-order valence-electron chi connectivity index (χ4n) is 2.54. The standard InChI is InChI=1S/C15H18N4O2/c1-10(11-3-2-5-16-7-11)18-15(20)13-8-17-19-14(13)12-4-6-21-9-12/h2-3,5,7-8,10,12H,4,6,9H2,1H3,(H,17,19)(H,18,20)/t10-,12-/m1/s1. The summed E-state index contributed by atoms with van der Waals surface area (Å²) in [5.41, 5.74) is 2.43. The van der Waals surface area contributed by atoms with Crippen LogP contribution >= 0.6 is 0 Å². The van der Waals surface area contributed by atoms with Crippen molar-refractivity contribution in [2.75, 3.05) is 13.2 Å². The average Bonchev–Trinajstić information content (AvgIpc) is 3.18. The zero-order valence-electron chi connectivity index (χ0n) is 11.9. The van der Waals surface area contributed by atoms with Gasteiger partial charge in [0.05, 0.1) is 30.1 Å². The first-order valence-electron chi connectivity index (χ1n) is 7.07. The average molecular weight is 286 g/mol. The smallest absolute Gasteiger partial charge is 0.255 e. The van der Waals surface area contributed by atoms with E-state index in [-0.39, 0.29) is 17.9 Å². The number of nitrogens with zero attached hydrogens (tertiary/aromatic N) is 2. The highest BCUT2D eigenvalue weighted by Crippen LogP contribution is 2.26. The molecule has 0 spiro atoms. The van der Waals surface area contributed by atoms with E-state index in [1.54, 1.807) is 18.6 Å². The summed E-state index contributed by atoms with van der Waals surface area (Å²) in [6.45, 7) is 3.31. The second-order valence-corrected chi connectivity index (χ2v) is 5.24. The quantitative estimate of drug-likeness (QED) is 0.898. The summed E-state index contributed by atoms with van der Waals surface area (Å²) in [5, 5.41) is 9.94. The van der Waals surface area contributed by atoms with Crippen molar-refractivity contribution in [3.63, 3.8) is 0 Å². The molecule has 2 aromatic heterocycles. The van der Waals surface area contributed by atoms with Crippen molar-refractivity contribution in [1.29, 1.82) is 0 Å². The second-order valence-electron chi connectivity index (χ2n) is 5.24. The van der Waals surface area contributed by atoms with Crippen LogP contribution in [0.4, 0.5) is 0 Å². The number of carbonyl (C=O) groups is 1. The van der Waals surface area contributed by atoms with Gasteiger partial charge < -0.3 is 10.1 Å². The van der Waals surface area contributed by atoms with Crippen LogP contribution in [0.3, 0.4) is 0 Å². The Morgan fingerprint density at radius 1 is 1.52 bits per heavy atom. The predicted octanol–water partition coefficient (Wildman–Crippen LogP) is 1.80. The number of aromatic nitrogens is 3. The van der Waals surface area contributed by atoms with E-state index in [9.17, 15) is 4.79 Å². The van der Waals surface area contributed by atoms with Crippen molar-refractivity contribution in [2.45, 2.75) is 25.3 Å². The highest BCUT2D eigenvalue weighted by Gasteiger charge is 2.25. The molecule has 0 aliphatic carbocycles. The summed E-state index contributed by atoms with van der Waals surface area (Å²) >= 11 is 0. The maximum Gasteiger partial charge on any atom is 0.255 e. The zero-order chi connectivity index (χ0) is 14.7. The van der Waals surface area contributed by atoms with Crippen molar-refractivity contribution in [2.24, 2.45) is 0 Å². The van der Waals surface area contributed by atoms with Gasteiger partial charge in [-0.3, -0.25) is 14.9 Å². The molecule has 0 saturated carbocycles. The van der Waals surface area contributed by atoms with E-state index in [4.69, 9.17) is 4.74 Å². The van der Waals surface area contributed by atoms with Gasteiger partial charge in [0.1, 0.15) is 0 Å². The Balaban J connectivity index is 1.72. The Hall–Kier alpha value is -2.21. The van der Waals surface area contributed by atoms with Crippen LogP contribution in [0, 0.1) is 0 Å². The monoisotopic (exact) mass is 286 g/mol. The van der Waals surface area contributed by atoms with Crippen LogP contribution < -0.4 is 5.32 Å². The Morgan fingerprint density at radius 2 is 2.43 bits per heavy atom. The number of ether oxygens (including phenoxy) is 1. The molecule has 110 valence electrons. The van der Waals surface area contributed by atoms with E-state index in [0.717, 1.165) is 24.3 Å². The summed E-state index contributed by atoms with van der Waals surface area (Å²) < 4.78 is 5.38. The minimum absolute atomic E-state index is 0.103. The summed E-state index contributed by atoms with van der Waals surface area (Å²) in [6, 6.07) is 3.70. The van der Waals surface area contributed by atoms with Gasteiger partial charge in [-0.2, -0.15) is 5.10 Å². The van der Waals surface area contributed by atoms with Gasteiger partial charge in [0.2, 0.25) is 0 Å². The van der Waals surface area contributed by atoms with Gasteiger partial charge >= 0.3 is 0 Å². The van der Waals surface area contributed by atoms with E-state index in [1.165, 1.54) is 0 Å². The Kier molecular flexibility index (Phi) is 3.96. The third-order valence-corrected chi connectivity index (χ3v) is 3.78. The van der Waals surface area contributed by atoms with E-state index in [2.05, 4.69) is 20.5 Å². The first kappa shape index (κ1) is 13.8. The van der Waals surface area contributed by atoms with Gasteiger partial charge in [0, 0.05) is 24.9 Å². The third-order valence-electron chi connectivity index (χ3n) is 3.78. The number of rotatable bonds is 4. The van der Waals surface area contributed by atoms with Crippen molar-refractivity contribution in [3.05, 3.63) is 47.5 Å². The topological polar surface area (TPSA) is 79.9 Å². The van der Waals surface area contributed by atoms with Crippen molar-refractivity contribution >= 4 is 5.91 Å². The molecule has 1 aliphatic heterocycles. The van der Waals surface area contributed by atoms with Crippen LogP contribution in [-0.2, 0) is 4.74 Å². The first-order chi connectivity index (χ1) is 10.3. The predicted molar refractivity (Wildman–Crippen MR) is 76.9 cm³/mol. The van der Waals surface area contributed by atoms with Crippen LogP contribution in [0.5, 0.6) is 0 Å².